The highest BCUT2D eigenvalue weighted by atomic mass is 79.9. The molecule has 0 spiro atoms. The van der Waals surface area contributed by atoms with Gasteiger partial charge in [-0.3, -0.25) is 4.79 Å². The molecule has 1 unspecified atom stereocenters. The number of carboxylic acid groups (broad SMARTS) is 1. The summed E-state index contributed by atoms with van der Waals surface area (Å²) < 4.78 is 0.564. The van der Waals surface area contributed by atoms with E-state index in [4.69, 9.17) is 5.11 Å². The zero-order valence-corrected chi connectivity index (χ0v) is 11.2. The van der Waals surface area contributed by atoms with E-state index >= 15 is 0 Å². The lowest BCUT2D eigenvalue weighted by molar-refractivity contribution is -0.117. The van der Waals surface area contributed by atoms with Crippen LogP contribution >= 0.6 is 15.9 Å². The van der Waals surface area contributed by atoms with E-state index in [0.717, 1.165) is 19.4 Å². The molecule has 1 amide bonds. The van der Waals surface area contributed by atoms with E-state index in [-0.39, 0.29) is 17.5 Å². The van der Waals surface area contributed by atoms with E-state index in [9.17, 15) is 9.59 Å². The van der Waals surface area contributed by atoms with Crippen LogP contribution in [-0.4, -0.2) is 29.6 Å². The van der Waals surface area contributed by atoms with Gasteiger partial charge in [-0.05, 0) is 53.5 Å². The average Bonchev–Trinajstić information content (AvgIpc) is 2.85. The number of aromatic carboxylic acids is 1. The van der Waals surface area contributed by atoms with Crippen LogP contribution in [0.15, 0.2) is 22.7 Å². The second kappa shape index (κ2) is 5.49. The number of carbonyl (C=O) groups is 2. The number of carboxylic acids is 1. The lowest BCUT2D eigenvalue weighted by atomic mass is 10.2. The van der Waals surface area contributed by atoms with Crippen LogP contribution in [0.3, 0.4) is 0 Å². The van der Waals surface area contributed by atoms with Gasteiger partial charge in [0.25, 0.3) is 0 Å². The van der Waals surface area contributed by atoms with Crippen LogP contribution in [0.1, 0.15) is 23.2 Å². The maximum Gasteiger partial charge on any atom is 0.335 e. The Labute approximate surface area is 113 Å². The molecule has 1 atom stereocenters. The number of benzene rings is 1. The molecule has 0 aromatic heterocycles. The minimum Gasteiger partial charge on any atom is -0.478 e. The molecule has 0 saturated carbocycles. The van der Waals surface area contributed by atoms with Crippen LogP contribution in [0.25, 0.3) is 0 Å². The molecular weight excluding hydrogens is 300 g/mol. The van der Waals surface area contributed by atoms with Gasteiger partial charge in [0.1, 0.15) is 0 Å². The van der Waals surface area contributed by atoms with Crippen molar-refractivity contribution in [3.63, 3.8) is 0 Å². The maximum absolute atomic E-state index is 11.9. The van der Waals surface area contributed by atoms with Crippen molar-refractivity contribution < 1.29 is 14.7 Å². The van der Waals surface area contributed by atoms with E-state index < -0.39 is 5.97 Å². The highest BCUT2D eigenvalue weighted by Crippen LogP contribution is 2.24. The van der Waals surface area contributed by atoms with Crippen LogP contribution in [0.4, 0.5) is 5.69 Å². The molecule has 0 radical (unpaired) electrons. The third kappa shape index (κ3) is 2.88. The minimum absolute atomic E-state index is 0.0868. The molecule has 1 aromatic rings. The van der Waals surface area contributed by atoms with Gasteiger partial charge in [-0.2, -0.15) is 0 Å². The SMILES string of the molecule is O=C(O)c1ccc(NC(=O)C2CCCN2)c(Br)c1. The van der Waals surface area contributed by atoms with Gasteiger partial charge in [0.15, 0.2) is 0 Å². The number of nitrogens with one attached hydrogen (secondary N) is 2. The summed E-state index contributed by atoms with van der Waals surface area (Å²) in [7, 11) is 0. The fourth-order valence-electron chi connectivity index (χ4n) is 1.88. The van der Waals surface area contributed by atoms with Gasteiger partial charge < -0.3 is 15.7 Å². The Morgan fingerprint density at radius 3 is 2.78 bits per heavy atom. The maximum atomic E-state index is 11.9. The highest BCUT2D eigenvalue weighted by molar-refractivity contribution is 9.10. The second-order valence-electron chi connectivity index (χ2n) is 4.14. The molecule has 2 rings (SSSR count). The zero-order chi connectivity index (χ0) is 13.1. The molecule has 5 nitrogen and oxygen atoms in total. The van der Waals surface area contributed by atoms with Crippen molar-refractivity contribution in [1.29, 1.82) is 0 Å². The monoisotopic (exact) mass is 312 g/mol. The Morgan fingerprint density at radius 2 is 2.22 bits per heavy atom. The standard InChI is InChI=1S/C12H13BrN2O3/c13-8-6-7(12(17)18)3-4-9(8)15-11(16)10-2-1-5-14-10/h3-4,6,10,14H,1-2,5H2,(H,15,16)(H,17,18). The molecule has 1 aliphatic rings. The predicted molar refractivity (Wildman–Crippen MR) is 70.8 cm³/mol. The minimum atomic E-state index is -0.994. The molecule has 96 valence electrons. The summed E-state index contributed by atoms with van der Waals surface area (Å²) in [5.41, 5.74) is 0.762. The third-order valence-corrected chi connectivity index (χ3v) is 3.51. The van der Waals surface area contributed by atoms with Gasteiger partial charge in [-0.25, -0.2) is 4.79 Å². The van der Waals surface area contributed by atoms with Crippen molar-refractivity contribution in [3.8, 4) is 0 Å². The van der Waals surface area contributed by atoms with Gasteiger partial charge in [0.2, 0.25) is 5.91 Å². The number of hydrogen-bond acceptors (Lipinski definition) is 3. The Balaban J connectivity index is 2.09. The molecular formula is C12H13BrN2O3. The van der Waals surface area contributed by atoms with Crippen molar-refractivity contribution in [2.24, 2.45) is 0 Å². The molecule has 0 bridgehead atoms. The molecule has 1 aliphatic heterocycles. The molecule has 1 heterocycles. The number of halogens is 1. The summed E-state index contributed by atoms with van der Waals surface area (Å²) in [6, 6.07) is 4.36. The Bertz CT molecular complexity index is 484. The molecule has 3 N–H and O–H groups in total. The van der Waals surface area contributed by atoms with Crippen LogP contribution < -0.4 is 10.6 Å². The Hall–Kier alpha value is -1.40. The van der Waals surface area contributed by atoms with Crippen LogP contribution in [0.2, 0.25) is 0 Å². The number of hydrogen-bond donors (Lipinski definition) is 3. The third-order valence-electron chi connectivity index (χ3n) is 2.85. The van der Waals surface area contributed by atoms with E-state index in [1.807, 2.05) is 0 Å². The molecule has 1 aromatic carbocycles. The van der Waals surface area contributed by atoms with Gasteiger partial charge in [0.05, 0.1) is 17.3 Å². The van der Waals surface area contributed by atoms with Crippen molar-refractivity contribution >= 4 is 33.5 Å². The number of rotatable bonds is 3. The molecule has 1 fully saturated rings. The first-order valence-electron chi connectivity index (χ1n) is 5.65. The van der Waals surface area contributed by atoms with Gasteiger partial charge >= 0.3 is 5.97 Å². The summed E-state index contributed by atoms with van der Waals surface area (Å²) in [4.78, 5) is 22.7. The van der Waals surface area contributed by atoms with Gasteiger partial charge in [0, 0.05) is 4.47 Å². The fraction of sp³-hybridized carbons (Fsp3) is 0.333. The summed E-state index contributed by atoms with van der Waals surface area (Å²) in [6.45, 7) is 0.858. The second-order valence-corrected chi connectivity index (χ2v) is 4.99. The van der Waals surface area contributed by atoms with Gasteiger partial charge in [-0.1, -0.05) is 0 Å². The Kier molecular flexibility index (Phi) is 3.98. The first-order chi connectivity index (χ1) is 8.58. The quantitative estimate of drug-likeness (QED) is 0.795. The van der Waals surface area contributed by atoms with E-state index in [2.05, 4.69) is 26.6 Å². The predicted octanol–water partition coefficient (Wildman–Crippen LogP) is 1.84. The topological polar surface area (TPSA) is 78.4 Å². The number of carbonyl (C=O) groups excluding carboxylic acids is 1. The van der Waals surface area contributed by atoms with Crippen molar-refractivity contribution in [3.05, 3.63) is 28.2 Å². The first-order valence-corrected chi connectivity index (χ1v) is 6.44. The molecule has 6 heteroatoms. The fourth-order valence-corrected chi connectivity index (χ4v) is 2.36. The van der Waals surface area contributed by atoms with Crippen molar-refractivity contribution in [2.45, 2.75) is 18.9 Å². The van der Waals surface area contributed by atoms with Crippen LogP contribution in [0.5, 0.6) is 0 Å². The average molecular weight is 313 g/mol. The summed E-state index contributed by atoms with van der Waals surface area (Å²) in [5, 5.41) is 14.7. The first kappa shape index (κ1) is 13.0. The van der Waals surface area contributed by atoms with E-state index in [0.29, 0.717) is 10.2 Å². The zero-order valence-electron chi connectivity index (χ0n) is 9.57. The normalized spacial score (nSPS) is 18.6. The number of amides is 1. The summed E-state index contributed by atoms with van der Waals surface area (Å²) in [6.07, 6.45) is 1.83. The number of anilines is 1. The van der Waals surface area contributed by atoms with E-state index in [1.54, 1.807) is 6.07 Å². The summed E-state index contributed by atoms with van der Waals surface area (Å²) in [5.74, 6) is -1.08. The highest BCUT2D eigenvalue weighted by Gasteiger charge is 2.22. The molecule has 1 saturated heterocycles. The van der Waals surface area contributed by atoms with Gasteiger partial charge in [-0.15, -0.1) is 0 Å². The molecule has 0 aliphatic carbocycles. The lowest BCUT2D eigenvalue weighted by Gasteiger charge is -2.12. The lowest BCUT2D eigenvalue weighted by Crippen LogP contribution is -2.35. The van der Waals surface area contributed by atoms with Crippen LogP contribution in [0, 0.1) is 0 Å². The largest absolute Gasteiger partial charge is 0.478 e. The Morgan fingerprint density at radius 1 is 1.44 bits per heavy atom. The van der Waals surface area contributed by atoms with Crippen molar-refractivity contribution in [2.75, 3.05) is 11.9 Å². The molecule has 18 heavy (non-hydrogen) atoms. The van der Waals surface area contributed by atoms with Crippen molar-refractivity contribution in [1.82, 2.24) is 5.32 Å². The summed E-state index contributed by atoms with van der Waals surface area (Å²) >= 11 is 3.25. The smallest absolute Gasteiger partial charge is 0.335 e. The van der Waals surface area contributed by atoms with Crippen LogP contribution in [-0.2, 0) is 4.79 Å². The van der Waals surface area contributed by atoms with E-state index in [1.165, 1.54) is 12.1 Å².